The van der Waals surface area contributed by atoms with Crippen molar-refractivity contribution in [3.8, 4) is 0 Å². The summed E-state index contributed by atoms with van der Waals surface area (Å²) in [6.07, 6.45) is 0.0796. The van der Waals surface area contributed by atoms with Gasteiger partial charge in [-0.2, -0.15) is 0 Å². The summed E-state index contributed by atoms with van der Waals surface area (Å²) in [5.74, 6) is 0.366. The summed E-state index contributed by atoms with van der Waals surface area (Å²) < 4.78 is 5.58. The van der Waals surface area contributed by atoms with E-state index < -0.39 is 0 Å². The SMILES string of the molecule is C[C@@H]1CN(C(=O)CSc2nc(N)cc(=O)[nH]2)C[C@H](C)O1. The van der Waals surface area contributed by atoms with Gasteiger partial charge in [-0.3, -0.25) is 9.59 Å². The number of hydrogen-bond donors (Lipinski definition) is 2. The number of carbonyl (C=O) groups excluding carboxylic acids is 1. The van der Waals surface area contributed by atoms with Gasteiger partial charge >= 0.3 is 0 Å². The predicted octanol–water partition coefficient (Wildman–Crippen LogP) is 0.0800. The number of amides is 1. The highest BCUT2D eigenvalue weighted by Crippen LogP contribution is 2.16. The molecule has 1 aromatic heterocycles. The van der Waals surface area contributed by atoms with Crippen LogP contribution in [0.5, 0.6) is 0 Å². The Bertz CT molecular complexity index is 538. The monoisotopic (exact) mass is 298 g/mol. The highest BCUT2D eigenvalue weighted by atomic mass is 32.2. The lowest BCUT2D eigenvalue weighted by Crippen LogP contribution is -2.48. The van der Waals surface area contributed by atoms with Crippen LogP contribution in [0.25, 0.3) is 0 Å². The Labute approximate surface area is 120 Å². The Morgan fingerprint density at radius 2 is 2.20 bits per heavy atom. The molecule has 0 spiro atoms. The van der Waals surface area contributed by atoms with E-state index in [4.69, 9.17) is 10.5 Å². The number of aromatic amines is 1. The number of thioether (sulfide) groups is 1. The molecule has 0 aliphatic carbocycles. The molecule has 0 unspecified atom stereocenters. The molecule has 0 aromatic carbocycles. The van der Waals surface area contributed by atoms with Gasteiger partial charge in [-0.1, -0.05) is 11.8 Å². The van der Waals surface area contributed by atoms with Crippen LogP contribution < -0.4 is 11.3 Å². The van der Waals surface area contributed by atoms with Gasteiger partial charge in [-0.05, 0) is 13.8 Å². The third-order valence-electron chi connectivity index (χ3n) is 2.84. The first-order valence-corrected chi connectivity index (χ1v) is 7.35. The third kappa shape index (κ3) is 3.97. The van der Waals surface area contributed by atoms with Crippen LogP contribution in [0.15, 0.2) is 16.0 Å². The number of carbonyl (C=O) groups is 1. The number of nitrogens with one attached hydrogen (secondary N) is 1. The maximum atomic E-state index is 12.1. The van der Waals surface area contributed by atoms with Crippen molar-refractivity contribution in [2.75, 3.05) is 24.6 Å². The summed E-state index contributed by atoms with van der Waals surface area (Å²) in [6.45, 7) is 5.06. The largest absolute Gasteiger partial charge is 0.383 e. The average Bonchev–Trinajstić information content (AvgIpc) is 2.33. The number of aromatic nitrogens is 2. The van der Waals surface area contributed by atoms with Crippen molar-refractivity contribution in [2.45, 2.75) is 31.2 Å². The second-order valence-electron chi connectivity index (χ2n) is 4.82. The van der Waals surface area contributed by atoms with Gasteiger partial charge in [0.15, 0.2) is 5.16 Å². The molecule has 1 aromatic rings. The highest BCUT2D eigenvalue weighted by Gasteiger charge is 2.25. The van der Waals surface area contributed by atoms with E-state index >= 15 is 0 Å². The molecule has 2 heterocycles. The lowest BCUT2D eigenvalue weighted by Gasteiger charge is -2.35. The number of nitrogens with zero attached hydrogens (tertiary/aromatic N) is 2. The molecule has 0 radical (unpaired) electrons. The average molecular weight is 298 g/mol. The van der Waals surface area contributed by atoms with Gasteiger partial charge in [0, 0.05) is 19.2 Å². The third-order valence-corrected chi connectivity index (χ3v) is 3.70. The van der Waals surface area contributed by atoms with Crippen LogP contribution in [0.1, 0.15) is 13.8 Å². The first-order chi connectivity index (χ1) is 9.44. The molecule has 8 heteroatoms. The minimum atomic E-state index is -0.318. The number of morpholine rings is 1. The molecule has 1 saturated heterocycles. The number of H-pyrrole nitrogens is 1. The first kappa shape index (κ1) is 14.9. The van der Waals surface area contributed by atoms with Gasteiger partial charge < -0.3 is 20.4 Å². The van der Waals surface area contributed by atoms with Gasteiger partial charge in [-0.25, -0.2) is 4.98 Å². The molecule has 20 heavy (non-hydrogen) atoms. The maximum Gasteiger partial charge on any atom is 0.253 e. The van der Waals surface area contributed by atoms with Crippen LogP contribution in [0.2, 0.25) is 0 Å². The summed E-state index contributed by atoms with van der Waals surface area (Å²) in [5, 5.41) is 0.359. The van der Waals surface area contributed by atoms with Crippen LogP contribution in [-0.4, -0.2) is 51.8 Å². The number of nitrogens with two attached hydrogens (primary N) is 1. The van der Waals surface area contributed by atoms with Crippen molar-refractivity contribution in [3.63, 3.8) is 0 Å². The van der Waals surface area contributed by atoms with E-state index in [2.05, 4.69) is 9.97 Å². The summed E-state index contributed by atoms with van der Waals surface area (Å²) in [7, 11) is 0. The van der Waals surface area contributed by atoms with Crippen molar-refractivity contribution in [2.24, 2.45) is 0 Å². The molecule has 1 fully saturated rings. The fourth-order valence-electron chi connectivity index (χ4n) is 2.12. The first-order valence-electron chi connectivity index (χ1n) is 6.37. The zero-order valence-electron chi connectivity index (χ0n) is 11.5. The molecule has 7 nitrogen and oxygen atoms in total. The van der Waals surface area contributed by atoms with Crippen molar-refractivity contribution < 1.29 is 9.53 Å². The Kier molecular flexibility index (Phi) is 4.66. The second-order valence-corrected chi connectivity index (χ2v) is 5.78. The topological polar surface area (TPSA) is 101 Å². The zero-order valence-corrected chi connectivity index (χ0v) is 12.3. The molecule has 1 amide bonds. The number of rotatable bonds is 3. The van der Waals surface area contributed by atoms with E-state index in [1.54, 1.807) is 4.90 Å². The summed E-state index contributed by atoms with van der Waals surface area (Å²) in [4.78, 5) is 31.7. The van der Waals surface area contributed by atoms with Crippen LogP contribution in [0.4, 0.5) is 5.82 Å². The molecule has 0 bridgehead atoms. The Morgan fingerprint density at radius 3 is 2.80 bits per heavy atom. The maximum absolute atomic E-state index is 12.1. The molecule has 1 aliphatic rings. The number of ether oxygens (including phenoxy) is 1. The van der Waals surface area contributed by atoms with Crippen LogP contribution in [-0.2, 0) is 9.53 Å². The van der Waals surface area contributed by atoms with Crippen molar-refractivity contribution in [1.82, 2.24) is 14.9 Å². The number of nitrogen functional groups attached to an aromatic ring is 1. The molecule has 2 rings (SSSR count). The van der Waals surface area contributed by atoms with E-state index in [1.807, 2.05) is 13.8 Å². The van der Waals surface area contributed by atoms with E-state index in [0.29, 0.717) is 18.2 Å². The zero-order chi connectivity index (χ0) is 14.7. The Morgan fingerprint density at radius 1 is 1.55 bits per heavy atom. The van der Waals surface area contributed by atoms with Crippen molar-refractivity contribution >= 4 is 23.5 Å². The summed E-state index contributed by atoms with van der Waals surface area (Å²) >= 11 is 1.17. The second kappa shape index (κ2) is 6.27. The predicted molar refractivity (Wildman–Crippen MR) is 76.6 cm³/mol. The Balaban J connectivity index is 1.93. The van der Waals surface area contributed by atoms with Crippen LogP contribution in [0, 0.1) is 0 Å². The normalized spacial score (nSPS) is 22.8. The van der Waals surface area contributed by atoms with Gasteiger partial charge in [0.1, 0.15) is 5.82 Å². The van der Waals surface area contributed by atoms with Crippen molar-refractivity contribution in [3.05, 3.63) is 16.4 Å². The highest BCUT2D eigenvalue weighted by molar-refractivity contribution is 7.99. The summed E-state index contributed by atoms with van der Waals surface area (Å²) in [6, 6.07) is 1.21. The van der Waals surface area contributed by atoms with Gasteiger partial charge in [0.25, 0.3) is 5.56 Å². The molecular weight excluding hydrogens is 280 g/mol. The van der Waals surface area contributed by atoms with E-state index in [9.17, 15) is 9.59 Å². The van der Waals surface area contributed by atoms with Gasteiger partial charge in [0.2, 0.25) is 5.91 Å². The lowest BCUT2D eigenvalue weighted by molar-refractivity contribution is -0.140. The van der Waals surface area contributed by atoms with Crippen molar-refractivity contribution in [1.29, 1.82) is 0 Å². The minimum absolute atomic E-state index is 0.00192. The molecule has 2 atom stereocenters. The number of anilines is 1. The molecular formula is C12H18N4O3S. The number of hydrogen-bond acceptors (Lipinski definition) is 6. The molecule has 0 saturated carbocycles. The van der Waals surface area contributed by atoms with E-state index in [-0.39, 0.29) is 35.2 Å². The van der Waals surface area contributed by atoms with E-state index in [0.717, 1.165) is 0 Å². The quantitative estimate of drug-likeness (QED) is 0.605. The van der Waals surface area contributed by atoms with E-state index in [1.165, 1.54) is 17.8 Å². The minimum Gasteiger partial charge on any atom is -0.383 e. The molecule has 1 aliphatic heterocycles. The van der Waals surface area contributed by atoms with Crippen LogP contribution in [0.3, 0.4) is 0 Å². The van der Waals surface area contributed by atoms with Gasteiger partial charge in [-0.15, -0.1) is 0 Å². The smallest absolute Gasteiger partial charge is 0.253 e. The fraction of sp³-hybridized carbons (Fsp3) is 0.583. The fourth-order valence-corrected chi connectivity index (χ4v) is 2.91. The summed E-state index contributed by atoms with van der Waals surface area (Å²) in [5.41, 5.74) is 5.17. The standard InChI is InChI=1S/C12H18N4O3S/c1-7-4-16(5-8(2)19-7)11(18)6-20-12-14-9(13)3-10(17)15-12/h3,7-8H,4-6H2,1-2H3,(H3,13,14,15,17)/t7-,8+. The van der Waals surface area contributed by atoms with Gasteiger partial charge in [0.05, 0.1) is 18.0 Å². The molecule has 3 N–H and O–H groups in total. The lowest BCUT2D eigenvalue weighted by atomic mass is 10.2. The van der Waals surface area contributed by atoms with Crippen LogP contribution >= 0.6 is 11.8 Å². The Hall–Kier alpha value is -1.54. The molecule has 110 valence electrons.